The van der Waals surface area contributed by atoms with Crippen molar-refractivity contribution in [2.24, 2.45) is 0 Å². The number of para-hydroxylation sites is 1. The minimum absolute atomic E-state index is 0.00870. The van der Waals surface area contributed by atoms with Gasteiger partial charge in [0.05, 0.1) is 6.61 Å². The van der Waals surface area contributed by atoms with E-state index in [1.807, 2.05) is 7.05 Å². The molecule has 1 aliphatic heterocycles. The van der Waals surface area contributed by atoms with E-state index < -0.39 is 5.97 Å². The monoisotopic (exact) mass is 251 g/mol. The van der Waals surface area contributed by atoms with Gasteiger partial charge in [0.25, 0.3) is 0 Å². The van der Waals surface area contributed by atoms with Crippen LogP contribution in [0.2, 0.25) is 0 Å². The highest BCUT2D eigenvalue weighted by molar-refractivity contribution is 5.90. The summed E-state index contributed by atoms with van der Waals surface area (Å²) in [6, 6.07) is 6.64. The van der Waals surface area contributed by atoms with E-state index in [9.17, 15) is 4.79 Å². The maximum absolute atomic E-state index is 11.0. The zero-order chi connectivity index (χ0) is 13.0. The molecule has 5 heteroatoms. The number of carboxylic acid groups (broad SMARTS) is 1. The van der Waals surface area contributed by atoms with Crippen molar-refractivity contribution in [1.82, 2.24) is 4.90 Å². The Morgan fingerprint density at radius 2 is 2.33 bits per heavy atom. The van der Waals surface area contributed by atoms with E-state index in [2.05, 4.69) is 4.90 Å². The molecule has 1 aliphatic rings. The SMILES string of the molecule is CN1CCOC(COc2ccccc2C(=O)O)C1. The maximum Gasteiger partial charge on any atom is 0.339 e. The topological polar surface area (TPSA) is 59.0 Å². The molecule has 1 heterocycles. The van der Waals surface area contributed by atoms with Crippen LogP contribution in [0.4, 0.5) is 0 Å². The molecule has 1 saturated heterocycles. The van der Waals surface area contributed by atoms with Gasteiger partial charge in [-0.15, -0.1) is 0 Å². The second kappa shape index (κ2) is 5.84. The van der Waals surface area contributed by atoms with Gasteiger partial charge >= 0.3 is 5.97 Å². The Morgan fingerprint density at radius 1 is 1.56 bits per heavy atom. The molecule has 1 fully saturated rings. The summed E-state index contributed by atoms with van der Waals surface area (Å²) < 4.78 is 11.1. The van der Waals surface area contributed by atoms with Gasteiger partial charge in [0.1, 0.15) is 24.0 Å². The van der Waals surface area contributed by atoms with Gasteiger partial charge in [0, 0.05) is 13.1 Å². The van der Waals surface area contributed by atoms with Crippen molar-refractivity contribution in [3.8, 4) is 5.75 Å². The molecule has 1 unspecified atom stereocenters. The highest BCUT2D eigenvalue weighted by atomic mass is 16.5. The molecular weight excluding hydrogens is 234 g/mol. The van der Waals surface area contributed by atoms with Crippen LogP contribution < -0.4 is 4.74 Å². The third kappa shape index (κ3) is 3.21. The first-order valence-electron chi connectivity index (χ1n) is 5.92. The Balaban J connectivity index is 1.95. The first-order chi connectivity index (χ1) is 8.66. The molecule has 0 spiro atoms. The molecule has 0 bridgehead atoms. The largest absolute Gasteiger partial charge is 0.490 e. The average molecular weight is 251 g/mol. The van der Waals surface area contributed by atoms with Crippen LogP contribution in [0.15, 0.2) is 24.3 Å². The van der Waals surface area contributed by atoms with Gasteiger partial charge < -0.3 is 19.5 Å². The van der Waals surface area contributed by atoms with Gasteiger partial charge in [-0.3, -0.25) is 0 Å². The van der Waals surface area contributed by atoms with E-state index in [4.69, 9.17) is 14.6 Å². The van der Waals surface area contributed by atoms with Crippen LogP contribution in [0.5, 0.6) is 5.75 Å². The molecule has 1 aromatic carbocycles. The first kappa shape index (κ1) is 12.9. The van der Waals surface area contributed by atoms with Crippen LogP contribution in [0.3, 0.4) is 0 Å². The minimum atomic E-state index is -0.979. The van der Waals surface area contributed by atoms with Crippen molar-refractivity contribution >= 4 is 5.97 Å². The van der Waals surface area contributed by atoms with E-state index in [1.165, 1.54) is 6.07 Å². The van der Waals surface area contributed by atoms with Crippen molar-refractivity contribution in [1.29, 1.82) is 0 Å². The van der Waals surface area contributed by atoms with E-state index >= 15 is 0 Å². The summed E-state index contributed by atoms with van der Waals surface area (Å²) >= 11 is 0. The van der Waals surface area contributed by atoms with Crippen molar-refractivity contribution in [3.05, 3.63) is 29.8 Å². The van der Waals surface area contributed by atoms with Crippen LogP contribution >= 0.6 is 0 Å². The lowest BCUT2D eigenvalue weighted by molar-refractivity contribution is -0.0405. The van der Waals surface area contributed by atoms with Gasteiger partial charge in [0.2, 0.25) is 0 Å². The van der Waals surface area contributed by atoms with Crippen molar-refractivity contribution in [2.75, 3.05) is 33.4 Å². The van der Waals surface area contributed by atoms with Crippen LogP contribution in [0, 0.1) is 0 Å². The fourth-order valence-electron chi connectivity index (χ4n) is 1.92. The molecule has 2 rings (SSSR count). The molecule has 1 N–H and O–H groups in total. The molecule has 0 amide bonds. The Kier molecular flexibility index (Phi) is 4.17. The Bertz CT molecular complexity index is 421. The number of likely N-dealkylation sites (N-methyl/N-ethyl adjacent to an activating group) is 1. The molecule has 1 atom stereocenters. The summed E-state index contributed by atoms with van der Waals surface area (Å²) in [6.45, 7) is 2.77. The maximum atomic E-state index is 11.0. The van der Waals surface area contributed by atoms with Crippen molar-refractivity contribution in [3.63, 3.8) is 0 Å². The predicted octanol–water partition coefficient (Wildman–Crippen LogP) is 1.09. The number of carbonyl (C=O) groups is 1. The van der Waals surface area contributed by atoms with Gasteiger partial charge in [-0.1, -0.05) is 12.1 Å². The summed E-state index contributed by atoms with van der Waals surface area (Å²) in [5.74, 6) is -0.589. The number of carboxylic acids is 1. The Hall–Kier alpha value is -1.59. The average Bonchev–Trinajstić information content (AvgIpc) is 2.37. The number of aromatic carboxylic acids is 1. The lowest BCUT2D eigenvalue weighted by Crippen LogP contribution is -2.42. The standard InChI is InChI=1S/C13H17NO4/c1-14-6-7-17-10(8-14)9-18-12-5-3-2-4-11(12)13(15)16/h2-5,10H,6-9H2,1H3,(H,15,16). The van der Waals surface area contributed by atoms with E-state index in [0.717, 1.165) is 13.1 Å². The van der Waals surface area contributed by atoms with E-state index in [-0.39, 0.29) is 11.7 Å². The highest BCUT2D eigenvalue weighted by Crippen LogP contribution is 2.18. The minimum Gasteiger partial charge on any atom is -0.490 e. The van der Waals surface area contributed by atoms with E-state index in [1.54, 1.807) is 18.2 Å². The number of nitrogens with zero attached hydrogens (tertiary/aromatic N) is 1. The number of hydrogen-bond donors (Lipinski definition) is 1. The Morgan fingerprint density at radius 3 is 3.06 bits per heavy atom. The molecule has 18 heavy (non-hydrogen) atoms. The summed E-state index contributed by atoms with van der Waals surface area (Å²) in [5, 5.41) is 9.03. The third-order valence-corrected chi connectivity index (χ3v) is 2.88. The van der Waals surface area contributed by atoms with Crippen LogP contribution in [-0.4, -0.2) is 55.4 Å². The van der Waals surface area contributed by atoms with Crippen LogP contribution in [0.1, 0.15) is 10.4 Å². The molecule has 0 aliphatic carbocycles. The summed E-state index contributed by atoms with van der Waals surface area (Å²) in [4.78, 5) is 13.2. The van der Waals surface area contributed by atoms with Gasteiger partial charge in [-0.25, -0.2) is 4.79 Å². The third-order valence-electron chi connectivity index (χ3n) is 2.88. The molecule has 1 aromatic rings. The van der Waals surface area contributed by atoms with Gasteiger partial charge in [-0.2, -0.15) is 0 Å². The zero-order valence-electron chi connectivity index (χ0n) is 10.3. The fraction of sp³-hybridized carbons (Fsp3) is 0.462. The first-order valence-corrected chi connectivity index (χ1v) is 5.92. The smallest absolute Gasteiger partial charge is 0.339 e. The number of morpholine rings is 1. The van der Waals surface area contributed by atoms with Gasteiger partial charge in [0.15, 0.2) is 0 Å². The normalized spacial score (nSPS) is 20.6. The second-order valence-corrected chi connectivity index (χ2v) is 4.37. The van der Waals surface area contributed by atoms with Crippen LogP contribution in [0.25, 0.3) is 0 Å². The second-order valence-electron chi connectivity index (χ2n) is 4.37. The summed E-state index contributed by atoms with van der Waals surface area (Å²) in [5.41, 5.74) is 0.182. The van der Waals surface area contributed by atoms with Crippen molar-refractivity contribution < 1.29 is 19.4 Å². The molecule has 98 valence electrons. The van der Waals surface area contributed by atoms with Gasteiger partial charge in [-0.05, 0) is 19.2 Å². The number of hydrogen-bond acceptors (Lipinski definition) is 4. The zero-order valence-corrected chi connectivity index (χ0v) is 10.3. The lowest BCUT2D eigenvalue weighted by Gasteiger charge is -2.29. The van der Waals surface area contributed by atoms with E-state index in [0.29, 0.717) is 19.0 Å². The molecule has 0 aromatic heterocycles. The molecular formula is C13H17NO4. The van der Waals surface area contributed by atoms with Crippen molar-refractivity contribution in [2.45, 2.75) is 6.10 Å². The van der Waals surface area contributed by atoms with Crippen LogP contribution in [-0.2, 0) is 4.74 Å². The molecule has 0 radical (unpaired) electrons. The molecule has 0 saturated carbocycles. The number of ether oxygens (including phenoxy) is 2. The number of benzene rings is 1. The summed E-state index contributed by atoms with van der Waals surface area (Å²) in [7, 11) is 2.03. The lowest BCUT2D eigenvalue weighted by atomic mass is 10.2. The Labute approximate surface area is 106 Å². The molecule has 5 nitrogen and oxygen atoms in total. The highest BCUT2D eigenvalue weighted by Gasteiger charge is 2.19. The summed E-state index contributed by atoms with van der Waals surface area (Å²) in [6.07, 6.45) is -0.00870. The fourth-order valence-corrected chi connectivity index (χ4v) is 1.92. The number of rotatable bonds is 4. The quantitative estimate of drug-likeness (QED) is 0.868. The predicted molar refractivity (Wildman–Crippen MR) is 66.1 cm³/mol.